The van der Waals surface area contributed by atoms with E-state index in [0.717, 1.165) is 5.69 Å². The Morgan fingerprint density at radius 2 is 2.10 bits per heavy atom. The van der Waals surface area contributed by atoms with Crippen molar-refractivity contribution < 1.29 is 13.9 Å². The molecule has 0 radical (unpaired) electrons. The van der Waals surface area contributed by atoms with Crippen LogP contribution in [0.1, 0.15) is 18.4 Å². The predicted octanol–water partition coefficient (Wildman–Crippen LogP) is 4.38. The fourth-order valence-corrected chi connectivity index (χ4v) is 5.10. The molecule has 0 aliphatic carbocycles. The van der Waals surface area contributed by atoms with Gasteiger partial charge in [-0.15, -0.1) is 0 Å². The topological polar surface area (TPSA) is 148 Å². The summed E-state index contributed by atoms with van der Waals surface area (Å²) in [7, 11) is 1.82. The summed E-state index contributed by atoms with van der Waals surface area (Å²) in [6.07, 6.45) is 5.41. The van der Waals surface area contributed by atoms with Crippen LogP contribution in [0, 0.1) is 17.1 Å². The van der Waals surface area contributed by atoms with Crippen LogP contribution in [0.5, 0.6) is 10.9 Å². The van der Waals surface area contributed by atoms with Gasteiger partial charge in [0, 0.05) is 49.4 Å². The van der Waals surface area contributed by atoms with Crippen molar-refractivity contribution in [3.63, 3.8) is 0 Å². The first kappa shape index (κ1) is 26.0. The maximum atomic E-state index is 15.1. The molecule has 0 saturated carbocycles. The van der Waals surface area contributed by atoms with Crippen molar-refractivity contribution in [1.29, 1.82) is 5.41 Å². The van der Waals surface area contributed by atoms with Gasteiger partial charge in [0.1, 0.15) is 35.2 Å². The lowest BCUT2D eigenvalue weighted by Gasteiger charge is -2.32. The fraction of sp³-hybridized carbons (Fsp3) is 0.231. The molecule has 1 fully saturated rings. The molecule has 1 aliphatic rings. The van der Waals surface area contributed by atoms with Gasteiger partial charge in [0.25, 0.3) is 5.19 Å². The number of anilines is 3. The van der Waals surface area contributed by atoms with E-state index in [2.05, 4.69) is 31.9 Å². The molecule has 200 valence electrons. The molecule has 0 bridgehead atoms. The predicted molar refractivity (Wildman–Crippen MR) is 147 cm³/mol. The minimum Gasteiger partial charge on any atom is -0.431 e. The van der Waals surface area contributed by atoms with Gasteiger partial charge in [0.15, 0.2) is 0 Å². The van der Waals surface area contributed by atoms with Crippen molar-refractivity contribution in [2.45, 2.75) is 12.8 Å². The molecule has 11 nitrogen and oxygen atoms in total. The third-order valence-electron chi connectivity index (χ3n) is 6.50. The number of nitrogens with zero attached hydrogens (tertiary/aromatic N) is 6. The lowest BCUT2D eigenvalue weighted by Crippen LogP contribution is -2.39. The molecule has 5 rings (SSSR count). The number of thiazole rings is 1. The number of piperidine rings is 1. The molecule has 0 atom stereocenters. The van der Waals surface area contributed by atoms with Crippen molar-refractivity contribution >= 4 is 40.3 Å². The van der Waals surface area contributed by atoms with Crippen LogP contribution in [0.15, 0.2) is 54.8 Å². The highest BCUT2D eigenvalue weighted by Crippen LogP contribution is 2.33. The zero-order chi connectivity index (χ0) is 27.5. The average Bonchev–Trinajstić information content (AvgIpc) is 3.58. The third kappa shape index (κ3) is 5.48. The molecule has 13 heteroatoms. The molecular formula is C26H26FN9O2S. The molecule has 0 unspecified atom stereocenters. The monoisotopic (exact) mass is 547 g/mol. The SMILES string of the molecule is C=CC(=O)N1CCC(C(=N)c2c(N)ncnc2Nc2ccc(Oc3nc(-c4ccnn4C)cs3)cc2F)CC1. The summed E-state index contributed by atoms with van der Waals surface area (Å²) in [5, 5.41) is 18.1. The number of carbonyl (C=O) groups is 1. The Hall–Kier alpha value is -4.65. The number of nitrogen functional groups attached to an aromatic ring is 1. The summed E-state index contributed by atoms with van der Waals surface area (Å²) in [4.78, 5) is 26.3. The second-order valence-electron chi connectivity index (χ2n) is 8.91. The van der Waals surface area contributed by atoms with Crippen LogP contribution in [-0.2, 0) is 11.8 Å². The third-order valence-corrected chi connectivity index (χ3v) is 7.22. The van der Waals surface area contributed by atoms with E-state index < -0.39 is 5.82 Å². The van der Waals surface area contributed by atoms with E-state index in [1.165, 1.54) is 35.9 Å². The number of rotatable bonds is 8. The van der Waals surface area contributed by atoms with Gasteiger partial charge in [-0.2, -0.15) is 5.10 Å². The lowest BCUT2D eigenvalue weighted by molar-refractivity contribution is -0.127. The summed E-state index contributed by atoms with van der Waals surface area (Å²) in [5.74, 6) is -0.234. The quantitative estimate of drug-likeness (QED) is 0.217. The highest BCUT2D eigenvalue weighted by Gasteiger charge is 2.28. The van der Waals surface area contributed by atoms with E-state index >= 15 is 4.39 Å². The Labute approximate surface area is 227 Å². The number of halogens is 1. The van der Waals surface area contributed by atoms with Crippen LogP contribution in [0.3, 0.4) is 0 Å². The highest BCUT2D eigenvalue weighted by molar-refractivity contribution is 7.11. The van der Waals surface area contributed by atoms with Gasteiger partial charge >= 0.3 is 0 Å². The normalized spacial score (nSPS) is 13.7. The minimum absolute atomic E-state index is 0.121. The van der Waals surface area contributed by atoms with E-state index in [9.17, 15) is 4.79 Å². The molecule has 39 heavy (non-hydrogen) atoms. The first-order valence-corrected chi connectivity index (χ1v) is 13.0. The molecule has 3 aromatic heterocycles. The Balaban J connectivity index is 1.30. The van der Waals surface area contributed by atoms with Crippen molar-refractivity contribution in [1.82, 2.24) is 29.6 Å². The van der Waals surface area contributed by atoms with Crippen LogP contribution in [0.25, 0.3) is 11.4 Å². The number of likely N-dealkylation sites (tertiary alicyclic amines) is 1. The van der Waals surface area contributed by atoms with Crippen LogP contribution in [-0.4, -0.2) is 54.3 Å². The Bertz CT molecular complexity index is 1540. The van der Waals surface area contributed by atoms with Gasteiger partial charge in [-0.3, -0.25) is 9.48 Å². The average molecular weight is 548 g/mol. The van der Waals surface area contributed by atoms with Gasteiger partial charge in [0.05, 0.1) is 16.9 Å². The summed E-state index contributed by atoms with van der Waals surface area (Å²) in [5.41, 5.74) is 8.39. The zero-order valence-corrected chi connectivity index (χ0v) is 21.9. The highest BCUT2D eigenvalue weighted by atomic mass is 32.1. The Morgan fingerprint density at radius 1 is 1.31 bits per heavy atom. The number of aryl methyl sites for hydroxylation is 1. The maximum absolute atomic E-state index is 15.1. The largest absolute Gasteiger partial charge is 0.431 e. The number of carbonyl (C=O) groups excluding carboxylic acids is 1. The van der Waals surface area contributed by atoms with Gasteiger partial charge in [0.2, 0.25) is 5.91 Å². The van der Waals surface area contributed by atoms with Crippen LogP contribution >= 0.6 is 11.3 Å². The first-order chi connectivity index (χ1) is 18.8. The number of hydrogen-bond donors (Lipinski definition) is 3. The molecule has 1 saturated heterocycles. The molecule has 1 aliphatic heterocycles. The fourth-order valence-electron chi connectivity index (χ4n) is 4.42. The molecular weight excluding hydrogens is 521 g/mol. The van der Waals surface area contributed by atoms with E-state index in [-0.39, 0.29) is 40.6 Å². The summed E-state index contributed by atoms with van der Waals surface area (Å²) in [6.45, 7) is 4.54. The van der Waals surface area contributed by atoms with Gasteiger partial charge in [-0.05, 0) is 37.1 Å². The molecule has 4 aromatic rings. The second-order valence-corrected chi connectivity index (χ2v) is 9.73. The number of aromatic nitrogens is 5. The number of nitrogens with one attached hydrogen (secondary N) is 2. The number of benzene rings is 1. The first-order valence-electron chi connectivity index (χ1n) is 12.1. The number of amides is 1. The van der Waals surface area contributed by atoms with Crippen molar-refractivity contribution in [2.24, 2.45) is 13.0 Å². The van der Waals surface area contributed by atoms with Gasteiger partial charge in [-0.25, -0.2) is 19.3 Å². The maximum Gasteiger partial charge on any atom is 0.279 e. The minimum atomic E-state index is -0.582. The number of hydrogen-bond acceptors (Lipinski definition) is 10. The standard InChI is InChI=1S/C26H26FN9O2S/c1-3-21(37)36-10-7-15(8-11-36)23(28)22-24(29)30-14-31-25(22)33-18-5-4-16(12-17(18)27)38-26-34-19(13-39-26)20-6-9-32-35(20)2/h3-6,9,12-15,28H,1,7-8,10-11H2,2H3,(H3,29,30,31,33). The van der Waals surface area contributed by atoms with Crippen LogP contribution < -0.4 is 15.8 Å². The van der Waals surface area contributed by atoms with E-state index in [4.69, 9.17) is 15.9 Å². The van der Waals surface area contributed by atoms with E-state index in [1.807, 2.05) is 18.5 Å². The van der Waals surface area contributed by atoms with Crippen LogP contribution in [0.2, 0.25) is 0 Å². The molecule has 4 heterocycles. The molecule has 4 N–H and O–H groups in total. The van der Waals surface area contributed by atoms with E-state index in [0.29, 0.717) is 42.4 Å². The van der Waals surface area contributed by atoms with E-state index in [1.54, 1.807) is 21.8 Å². The van der Waals surface area contributed by atoms with Crippen molar-refractivity contribution in [2.75, 3.05) is 24.1 Å². The summed E-state index contributed by atoms with van der Waals surface area (Å²) < 4.78 is 22.6. The molecule has 1 aromatic carbocycles. The number of ether oxygens (including phenoxy) is 1. The second kappa shape index (κ2) is 11.0. The smallest absolute Gasteiger partial charge is 0.279 e. The lowest BCUT2D eigenvalue weighted by atomic mass is 9.88. The van der Waals surface area contributed by atoms with Crippen molar-refractivity contribution in [3.05, 3.63) is 66.2 Å². The number of nitrogens with two attached hydrogens (primary N) is 1. The molecule has 0 spiro atoms. The summed E-state index contributed by atoms with van der Waals surface area (Å²) >= 11 is 1.29. The van der Waals surface area contributed by atoms with Gasteiger partial charge in [-0.1, -0.05) is 17.9 Å². The van der Waals surface area contributed by atoms with Gasteiger partial charge < -0.3 is 26.1 Å². The Kier molecular flexibility index (Phi) is 7.32. The molecule has 1 amide bonds. The summed E-state index contributed by atoms with van der Waals surface area (Å²) in [6, 6.07) is 6.22. The Morgan fingerprint density at radius 3 is 2.79 bits per heavy atom. The van der Waals surface area contributed by atoms with Crippen molar-refractivity contribution in [3.8, 4) is 22.3 Å². The van der Waals surface area contributed by atoms with Crippen LogP contribution in [0.4, 0.5) is 21.7 Å². The zero-order valence-electron chi connectivity index (χ0n) is 21.1.